The van der Waals surface area contributed by atoms with Crippen molar-refractivity contribution in [1.29, 1.82) is 0 Å². The molecule has 8 aromatic rings. The van der Waals surface area contributed by atoms with Gasteiger partial charge >= 0.3 is 0 Å². The standard InChI is InChI=1S/C42H29N/c1-26-10-3-4-11-30(26)40-27(2)18-25-39-42(40)37-14-7-8-17-38(37)43(39)29-21-19-28(20-22-29)31-23-24-36-33-13-6-5-12-32(33)35-16-9-15-34(31)41(35)36/h3-25H,1-2H3. The zero-order chi connectivity index (χ0) is 28.7. The van der Waals surface area contributed by atoms with E-state index in [1.165, 1.54) is 93.9 Å². The second-order valence-corrected chi connectivity index (χ2v) is 11.8. The van der Waals surface area contributed by atoms with Crippen molar-refractivity contribution in [2.75, 3.05) is 0 Å². The van der Waals surface area contributed by atoms with Crippen LogP contribution in [0.5, 0.6) is 0 Å². The Bertz CT molecular complexity index is 2370. The summed E-state index contributed by atoms with van der Waals surface area (Å²) in [5.41, 5.74) is 16.7. The van der Waals surface area contributed by atoms with Gasteiger partial charge in [-0.15, -0.1) is 0 Å². The van der Waals surface area contributed by atoms with E-state index in [1.54, 1.807) is 0 Å². The molecular formula is C42H29N. The van der Waals surface area contributed by atoms with Crippen molar-refractivity contribution >= 4 is 32.6 Å². The minimum Gasteiger partial charge on any atom is -0.309 e. The van der Waals surface area contributed by atoms with Gasteiger partial charge in [0.05, 0.1) is 11.0 Å². The Balaban J connectivity index is 1.23. The van der Waals surface area contributed by atoms with Gasteiger partial charge in [-0.3, -0.25) is 0 Å². The van der Waals surface area contributed by atoms with Crippen LogP contribution in [-0.2, 0) is 0 Å². The molecule has 43 heavy (non-hydrogen) atoms. The molecule has 1 aromatic heterocycles. The molecule has 1 nitrogen and oxygen atoms in total. The fourth-order valence-electron chi connectivity index (χ4n) is 7.49. The van der Waals surface area contributed by atoms with Crippen LogP contribution < -0.4 is 0 Å². The lowest BCUT2D eigenvalue weighted by atomic mass is 9.92. The largest absolute Gasteiger partial charge is 0.309 e. The summed E-state index contributed by atoms with van der Waals surface area (Å²) in [5.74, 6) is 0. The highest BCUT2D eigenvalue weighted by Gasteiger charge is 2.22. The molecule has 0 spiro atoms. The zero-order valence-electron chi connectivity index (χ0n) is 24.2. The van der Waals surface area contributed by atoms with Crippen LogP contribution in [-0.4, -0.2) is 4.57 Å². The van der Waals surface area contributed by atoms with Gasteiger partial charge in [-0.2, -0.15) is 0 Å². The monoisotopic (exact) mass is 547 g/mol. The molecule has 0 N–H and O–H groups in total. The molecule has 1 aliphatic carbocycles. The number of fused-ring (bicyclic) bond motifs is 6. The van der Waals surface area contributed by atoms with Gasteiger partial charge < -0.3 is 4.57 Å². The summed E-state index contributed by atoms with van der Waals surface area (Å²) >= 11 is 0. The summed E-state index contributed by atoms with van der Waals surface area (Å²) in [7, 11) is 0. The summed E-state index contributed by atoms with van der Waals surface area (Å²) < 4.78 is 2.43. The lowest BCUT2D eigenvalue weighted by Gasteiger charge is -2.14. The molecule has 202 valence electrons. The van der Waals surface area contributed by atoms with E-state index in [2.05, 4.69) is 158 Å². The number of hydrogen-bond acceptors (Lipinski definition) is 0. The Morgan fingerprint density at radius 1 is 0.372 bits per heavy atom. The molecule has 0 aliphatic heterocycles. The first-order chi connectivity index (χ1) is 21.2. The zero-order valence-corrected chi connectivity index (χ0v) is 24.2. The predicted octanol–water partition coefficient (Wildman–Crippen LogP) is 11.5. The van der Waals surface area contributed by atoms with Crippen LogP contribution in [0.3, 0.4) is 0 Å². The van der Waals surface area contributed by atoms with E-state index in [9.17, 15) is 0 Å². The van der Waals surface area contributed by atoms with Gasteiger partial charge in [0.25, 0.3) is 0 Å². The molecule has 0 unspecified atom stereocenters. The molecule has 0 saturated heterocycles. The van der Waals surface area contributed by atoms with Crippen LogP contribution >= 0.6 is 0 Å². The maximum absolute atomic E-state index is 2.43. The number of rotatable bonds is 3. The molecule has 9 rings (SSSR count). The minimum atomic E-state index is 1.17. The third-order valence-corrected chi connectivity index (χ3v) is 9.45. The molecular weight excluding hydrogens is 518 g/mol. The number of benzene rings is 7. The highest BCUT2D eigenvalue weighted by molar-refractivity contribution is 6.19. The van der Waals surface area contributed by atoms with Crippen LogP contribution in [0.15, 0.2) is 140 Å². The van der Waals surface area contributed by atoms with E-state index in [0.29, 0.717) is 0 Å². The summed E-state index contributed by atoms with van der Waals surface area (Å²) in [4.78, 5) is 0. The number of para-hydroxylation sites is 1. The average molecular weight is 548 g/mol. The van der Waals surface area contributed by atoms with Crippen molar-refractivity contribution in [1.82, 2.24) is 4.57 Å². The van der Waals surface area contributed by atoms with Gasteiger partial charge in [-0.25, -0.2) is 0 Å². The first-order valence-corrected chi connectivity index (χ1v) is 15.0. The Labute approximate surface area is 251 Å². The summed E-state index contributed by atoms with van der Waals surface area (Å²) in [6.45, 7) is 4.45. The van der Waals surface area contributed by atoms with E-state index in [-0.39, 0.29) is 0 Å². The van der Waals surface area contributed by atoms with Crippen LogP contribution in [0.1, 0.15) is 11.1 Å². The fourth-order valence-corrected chi connectivity index (χ4v) is 7.49. The van der Waals surface area contributed by atoms with E-state index in [4.69, 9.17) is 0 Å². The molecule has 1 heteroatoms. The average Bonchev–Trinajstić information content (AvgIpc) is 3.56. The predicted molar refractivity (Wildman–Crippen MR) is 183 cm³/mol. The SMILES string of the molecule is Cc1ccccc1-c1c(C)ccc2c1c1ccccc1n2-c1ccc(-c2ccc3c4c(cccc24)-c2ccccc2-3)cc1. The lowest BCUT2D eigenvalue weighted by molar-refractivity contribution is 1.18. The van der Waals surface area contributed by atoms with Crippen molar-refractivity contribution in [3.63, 3.8) is 0 Å². The molecule has 0 fully saturated rings. The van der Waals surface area contributed by atoms with Crippen molar-refractivity contribution < 1.29 is 0 Å². The first kappa shape index (κ1) is 24.2. The summed E-state index contributed by atoms with van der Waals surface area (Å²) in [6.07, 6.45) is 0. The highest BCUT2D eigenvalue weighted by atomic mass is 15.0. The quantitative estimate of drug-likeness (QED) is 0.207. The maximum atomic E-state index is 2.43. The maximum Gasteiger partial charge on any atom is 0.0547 e. The van der Waals surface area contributed by atoms with Crippen LogP contribution in [0.2, 0.25) is 0 Å². The Morgan fingerprint density at radius 2 is 1.00 bits per heavy atom. The normalized spacial score (nSPS) is 12.0. The first-order valence-electron chi connectivity index (χ1n) is 15.0. The second-order valence-electron chi connectivity index (χ2n) is 11.8. The van der Waals surface area contributed by atoms with Crippen molar-refractivity contribution in [2.45, 2.75) is 13.8 Å². The summed E-state index contributed by atoms with van der Waals surface area (Å²) in [6, 6.07) is 51.4. The summed E-state index contributed by atoms with van der Waals surface area (Å²) in [5, 5.41) is 5.29. The van der Waals surface area contributed by atoms with E-state index in [0.717, 1.165) is 0 Å². The van der Waals surface area contributed by atoms with Gasteiger partial charge in [-0.1, -0.05) is 115 Å². The number of aryl methyl sites for hydroxylation is 2. The highest BCUT2D eigenvalue weighted by Crippen LogP contribution is 2.49. The third-order valence-electron chi connectivity index (χ3n) is 9.45. The third kappa shape index (κ3) is 3.40. The minimum absolute atomic E-state index is 1.17. The Morgan fingerprint density at radius 3 is 1.79 bits per heavy atom. The number of aromatic nitrogens is 1. The van der Waals surface area contributed by atoms with E-state index < -0.39 is 0 Å². The van der Waals surface area contributed by atoms with Crippen LogP contribution in [0, 0.1) is 13.8 Å². The van der Waals surface area contributed by atoms with Crippen LogP contribution in [0.25, 0.3) is 82.8 Å². The van der Waals surface area contributed by atoms with E-state index in [1.807, 2.05) is 0 Å². The molecule has 7 aromatic carbocycles. The van der Waals surface area contributed by atoms with Crippen molar-refractivity contribution in [3.8, 4) is 50.2 Å². The molecule has 0 amide bonds. The Hall–Kier alpha value is -5.40. The van der Waals surface area contributed by atoms with Crippen molar-refractivity contribution in [3.05, 3.63) is 151 Å². The number of hydrogen-bond donors (Lipinski definition) is 0. The molecule has 1 heterocycles. The smallest absolute Gasteiger partial charge is 0.0547 e. The van der Waals surface area contributed by atoms with Gasteiger partial charge in [-0.05, 0) is 105 Å². The Kier molecular flexibility index (Phi) is 5.10. The molecule has 1 aliphatic rings. The van der Waals surface area contributed by atoms with E-state index >= 15 is 0 Å². The topological polar surface area (TPSA) is 4.93 Å². The fraction of sp³-hybridized carbons (Fsp3) is 0.0476. The molecule has 0 saturated carbocycles. The van der Waals surface area contributed by atoms with Gasteiger partial charge in [0.2, 0.25) is 0 Å². The lowest BCUT2D eigenvalue weighted by Crippen LogP contribution is -1.95. The molecule has 0 radical (unpaired) electrons. The van der Waals surface area contributed by atoms with Gasteiger partial charge in [0.1, 0.15) is 0 Å². The van der Waals surface area contributed by atoms with Gasteiger partial charge in [0.15, 0.2) is 0 Å². The molecule has 0 bridgehead atoms. The molecule has 0 atom stereocenters. The van der Waals surface area contributed by atoms with Crippen molar-refractivity contribution in [2.24, 2.45) is 0 Å². The second kappa shape index (κ2) is 9.05. The number of nitrogens with zero attached hydrogens (tertiary/aromatic N) is 1. The van der Waals surface area contributed by atoms with Crippen LogP contribution in [0.4, 0.5) is 0 Å². The van der Waals surface area contributed by atoms with Gasteiger partial charge in [0, 0.05) is 16.5 Å².